The van der Waals surface area contributed by atoms with Crippen LogP contribution < -0.4 is 4.90 Å². The Hall–Kier alpha value is -2.24. The standard InChI is InChI=1S/C15H14F6N4OS/c1-4-27-9-5-8(14(16,17)18)7-22-12(9)13(26)24(2)11-6-10(15(19,20)21)23-25(11)3/h5-7H,4H2,1-3H3. The Bertz CT molecular complexity index is 846. The van der Waals surface area contributed by atoms with E-state index >= 15 is 0 Å². The fourth-order valence-electron chi connectivity index (χ4n) is 2.20. The molecule has 0 spiro atoms. The monoisotopic (exact) mass is 412 g/mol. The molecule has 5 nitrogen and oxygen atoms in total. The molecule has 0 saturated carbocycles. The van der Waals surface area contributed by atoms with Crippen LogP contribution in [-0.4, -0.2) is 33.5 Å². The summed E-state index contributed by atoms with van der Waals surface area (Å²) in [6, 6.07) is 1.47. The van der Waals surface area contributed by atoms with Gasteiger partial charge in [0, 0.05) is 31.3 Å². The minimum atomic E-state index is -4.70. The maximum Gasteiger partial charge on any atom is 0.435 e. The molecule has 12 heteroatoms. The summed E-state index contributed by atoms with van der Waals surface area (Å²) >= 11 is 0.974. The van der Waals surface area contributed by atoms with Crippen LogP contribution in [0.4, 0.5) is 32.2 Å². The number of nitrogens with zero attached hydrogens (tertiary/aromatic N) is 4. The van der Waals surface area contributed by atoms with E-state index in [1.165, 1.54) is 14.1 Å². The van der Waals surface area contributed by atoms with Crippen molar-refractivity contribution in [2.45, 2.75) is 24.2 Å². The maximum atomic E-state index is 12.9. The van der Waals surface area contributed by atoms with Crippen LogP contribution in [0, 0.1) is 0 Å². The van der Waals surface area contributed by atoms with Gasteiger partial charge < -0.3 is 0 Å². The van der Waals surface area contributed by atoms with Gasteiger partial charge in [-0.1, -0.05) is 6.92 Å². The number of alkyl halides is 6. The molecule has 0 aliphatic heterocycles. The molecule has 2 heterocycles. The highest BCUT2D eigenvalue weighted by Gasteiger charge is 2.36. The zero-order chi connectivity index (χ0) is 20.6. The Kier molecular flexibility index (Phi) is 5.78. The summed E-state index contributed by atoms with van der Waals surface area (Å²) in [5, 5.41) is 3.31. The number of hydrogen-bond donors (Lipinski definition) is 0. The van der Waals surface area contributed by atoms with Gasteiger partial charge in [-0.2, -0.15) is 31.4 Å². The Morgan fingerprint density at radius 2 is 1.81 bits per heavy atom. The van der Waals surface area contributed by atoms with E-state index < -0.39 is 29.5 Å². The molecule has 0 atom stereocenters. The highest BCUT2D eigenvalue weighted by Crippen LogP contribution is 2.34. The quantitative estimate of drug-likeness (QED) is 0.557. The number of pyridine rings is 1. The van der Waals surface area contributed by atoms with Crippen molar-refractivity contribution in [2.75, 3.05) is 17.7 Å². The lowest BCUT2D eigenvalue weighted by atomic mass is 10.2. The predicted molar refractivity (Wildman–Crippen MR) is 86.6 cm³/mol. The summed E-state index contributed by atoms with van der Waals surface area (Å²) < 4.78 is 77.8. The molecule has 0 aliphatic rings. The van der Waals surface area contributed by atoms with Crippen molar-refractivity contribution in [1.29, 1.82) is 0 Å². The number of carbonyl (C=O) groups excluding carboxylic acids is 1. The number of aryl methyl sites for hydroxylation is 1. The second kappa shape index (κ2) is 7.41. The number of amides is 1. The van der Waals surface area contributed by atoms with Crippen molar-refractivity contribution < 1.29 is 31.1 Å². The molecule has 0 bridgehead atoms. The van der Waals surface area contributed by atoms with Gasteiger partial charge in [0.1, 0.15) is 11.5 Å². The normalized spacial score (nSPS) is 12.3. The summed E-state index contributed by atoms with van der Waals surface area (Å²) in [6.07, 6.45) is -8.81. The van der Waals surface area contributed by atoms with Gasteiger partial charge in [0.05, 0.1) is 5.56 Å². The lowest BCUT2D eigenvalue weighted by molar-refractivity contribution is -0.141. The van der Waals surface area contributed by atoms with Crippen LogP contribution in [-0.2, 0) is 19.4 Å². The number of hydrogen-bond acceptors (Lipinski definition) is 4. The molecule has 148 valence electrons. The first-order valence-corrected chi connectivity index (χ1v) is 8.44. The van der Waals surface area contributed by atoms with Crippen molar-refractivity contribution in [1.82, 2.24) is 14.8 Å². The van der Waals surface area contributed by atoms with Crippen molar-refractivity contribution in [2.24, 2.45) is 7.05 Å². The van der Waals surface area contributed by atoms with Gasteiger partial charge in [0.2, 0.25) is 0 Å². The Morgan fingerprint density at radius 1 is 1.19 bits per heavy atom. The maximum absolute atomic E-state index is 12.9. The van der Waals surface area contributed by atoms with E-state index in [1.807, 2.05) is 0 Å². The van der Waals surface area contributed by atoms with Crippen LogP contribution in [0.1, 0.15) is 28.7 Å². The topological polar surface area (TPSA) is 51.0 Å². The zero-order valence-electron chi connectivity index (χ0n) is 14.3. The SMILES string of the molecule is CCSc1cc(C(F)(F)F)cnc1C(=O)N(C)c1cc(C(F)(F)F)nn1C. The third kappa shape index (κ3) is 4.54. The van der Waals surface area contributed by atoms with E-state index in [0.29, 0.717) is 18.0 Å². The molecule has 0 unspecified atom stereocenters. The molecule has 27 heavy (non-hydrogen) atoms. The predicted octanol–water partition coefficient (Wildman–Crippen LogP) is 4.24. The van der Waals surface area contributed by atoms with Crippen molar-refractivity contribution >= 4 is 23.5 Å². The number of halogens is 6. The second-order valence-electron chi connectivity index (χ2n) is 5.37. The van der Waals surface area contributed by atoms with Gasteiger partial charge in [-0.05, 0) is 11.8 Å². The van der Waals surface area contributed by atoms with Crippen LogP contribution in [0.5, 0.6) is 0 Å². The average Bonchev–Trinajstić information content (AvgIpc) is 2.95. The van der Waals surface area contributed by atoms with Gasteiger partial charge in [0.15, 0.2) is 5.69 Å². The first-order valence-electron chi connectivity index (χ1n) is 7.45. The lowest BCUT2D eigenvalue weighted by Crippen LogP contribution is -2.29. The summed E-state index contributed by atoms with van der Waals surface area (Å²) in [7, 11) is 2.41. The smallest absolute Gasteiger partial charge is 0.295 e. The summed E-state index contributed by atoms with van der Waals surface area (Å²) in [5.41, 5.74) is -2.49. The van der Waals surface area contributed by atoms with Crippen molar-refractivity contribution in [3.8, 4) is 0 Å². The number of rotatable bonds is 4. The highest BCUT2D eigenvalue weighted by molar-refractivity contribution is 7.99. The van der Waals surface area contributed by atoms with E-state index in [0.717, 1.165) is 27.4 Å². The van der Waals surface area contributed by atoms with Crippen LogP contribution in [0.25, 0.3) is 0 Å². The van der Waals surface area contributed by atoms with Gasteiger partial charge in [0.25, 0.3) is 5.91 Å². The third-order valence-electron chi connectivity index (χ3n) is 3.48. The van der Waals surface area contributed by atoms with Crippen LogP contribution in [0.15, 0.2) is 23.2 Å². The van der Waals surface area contributed by atoms with Crippen LogP contribution >= 0.6 is 11.8 Å². The number of aromatic nitrogens is 3. The summed E-state index contributed by atoms with van der Waals surface area (Å²) in [5.74, 6) is -0.658. The summed E-state index contributed by atoms with van der Waals surface area (Å²) in [6.45, 7) is 1.68. The molecule has 0 radical (unpaired) electrons. The molecule has 1 amide bonds. The van der Waals surface area contributed by atoms with Gasteiger partial charge in [-0.3, -0.25) is 14.4 Å². The largest absolute Gasteiger partial charge is 0.435 e. The Balaban J connectivity index is 2.43. The van der Waals surface area contributed by atoms with Gasteiger partial charge in [-0.25, -0.2) is 4.98 Å². The van der Waals surface area contributed by atoms with E-state index in [9.17, 15) is 31.1 Å². The first-order chi connectivity index (χ1) is 12.4. The molecule has 0 fully saturated rings. The second-order valence-corrected chi connectivity index (χ2v) is 6.68. The molecule has 2 rings (SSSR count). The third-order valence-corrected chi connectivity index (χ3v) is 4.39. The highest BCUT2D eigenvalue weighted by atomic mass is 32.2. The molecule has 0 aromatic carbocycles. The average molecular weight is 412 g/mol. The zero-order valence-corrected chi connectivity index (χ0v) is 15.1. The fraction of sp³-hybridized carbons (Fsp3) is 0.400. The van der Waals surface area contributed by atoms with E-state index in [-0.39, 0.29) is 16.4 Å². The van der Waals surface area contributed by atoms with Gasteiger partial charge >= 0.3 is 12.4 Å². The fourth-order valence-corrected chi connectivity index (χ4v) is 3.00. The van der Waals surface area contributed by atoms with Crippen LogP contribution in [0.2, 0.25) is 0 Å². The molecular weight excluding hydrogens is 398 g/mol. The van der Waals surface area contributed by atoms with E-state index in [2.05, 4.69) is 10.1 Å². The van der Waals surface area contributed by atoms with Crippen LogP contribution in [0.3, 0.4) is 0 Å². The van der Waals surface area contributed by atoms with Crippen molar-refractivity contribution in [3.63, 3.8) is 0 Å². The number of anilines is 1. The summed E-state index contributed by atoms with van der Waals surface area (Å²) in [4.78, 5) is 17.1. The first kappa shape index (κ1) is 21.1. The Morgan fingerprint density at radius 3 is 2.30 bits per heavy atom. The minimum Gasteiger partial charge on any atom is -0.295 e. The van der Waals surface area contributed by atoms with Gasteiger partial charge in [-0.15, -0.1) is 11.8 Å². The molecule has 0 aliphatic carbocycles. The number of thioether (sulfide) groups is 1. The molecule has 0 N–H and O–H groups in total. The Labute approximate surface area is 154 Å². The molecular formula is C15H14F6N4OS. The van der Waals surface area contributed by atoms with Crippen molar-refractivity contribution in [3.05, 3.63) is 35.3 Å². The number of carbonyl (C=O) groups is 1. The molecule has 2 aromatic heterocycles. The molecule has 0 saturated heterocycles. The minimum absolute atomic E-state index is 0.0117. The molecule has 2 aromatic rings. The van der Waals surface area contributed by atoms with E-state index in [4.69, 9.17) is 0 Å². The van der Waals surface area contributed by atoms with E-state index in [1.54, 1.807) is 6.92 Å². The lowest BCUT2D eigenvalue weighted by Gasteiger charge is -2.18.